The van der Waals surface area contributed by atoms with Gasteiger partial charge in [-0.3, -0.25) is 19.3 Å². The summed E-state index contributed by atoms with van der Waals surface area (Å²) >= 11 is 2.89. The zero-order valence-corrected chi connectivity index (χ0v) is 20.3. The second-order valence-corrected chi connectivity index (χ2v) is 11.9. The molecular formula is C26H21FN2O4S2. The topological polar surface area (TPSA) is 79.5 Å². The van der Waals surface area contributed by atoms with Gasteiger partial charge in [-0.15, -0.1) is 11.8 Å². The fourth-order valence-corrected chi connectivity index (χ4v) is 10.0. The molecule has 3 fully saturated rings. The number of aromatic amines is 1. The second kappa shape index (κ2) is 7.54. The number of methoxy groups -OCH3 is 1. The van der Waals surface area contributed by atoms with Crippen LogP contribution in [0.1, 0.15) is 22.8 Å². The number of imide groups is 1. The largest absolute Gasteiger partial charge is 0.496 e. The molecule has 4 aliphatic rings. The Hall–Kier alpha value is -2.91. The van der Waals surface area contributed by atoms with Crippen molar-refractivity contribution in [2.45, 2.75) is 22.6 Å². The Morgan fingerprint density at radius 3 is 2.46 bits per heavy atom. The van der Waals surface area contributed by atoms with Crippen molar-refractivity contribution in [3.63, 3.8) is 0 Å². The molecule has 7 rings (SSSR count). The Kier molecular flexibility index (Phi) is 4.61. The number of thiazole rings is 1. The van der Waals surface area contributed by atoms with Crippen LogP contribution in [0.25, 0.3) is 0 Å². The standard InChI is InChI=1S/C26H21FN2O4S2/c1-33-16-5-3-2-4-13(16)17-18-14-10-15(21(18)34-23-22(17)35-26(32)28-23)20-19(14)24(30)29(25(20)31)12-8-6-11(27)7-9-12/h2-9,14-15,17-21H,10H2,1H3,(H,28,32)/t14-,15+,17+,18-,19+,20+,21-/m0/s1. The van der Waals surface area contributed by atoms with Crippen molar-refractivity contribution in [3.8, 4) is 5.75 Å². The van der Waals surface area contributed by atoms with Crippen LogP contribution in [0.15, 0.2) is 58.4 Å². The highest BCUT2D eigenvalue weighted by molar-refractivity contribution is 8.00. The van der Waals surface area contributed by atoms with Crippen molar-refractivity contribution < 1.29 is 18.7 Å². The van der Waals surface area contributed by atoms with Gasteiger partial charge in [-0.2, -0.15) is 0 Å². The molecule has 6 nitrogen and oxygen atoms in total. The zero-order valence-electron chi connectivity index (χ0n) is 18.6. The number of nitrogens with one attached hydrogen (secondary N) is 1. The van der Waals surface area contributed by atoms with Gasteiger partial charge >= 0.3 is 4.87 Å². The van der Waals surface area contributed by atoms with Crippen molar-refractivity contribution >= 4 is 40.6 Å². The summed E-state index contributed by atoms with van der Waals surface area (Å²) in [6, 6.07) is 13.4. The predicted octanol–water partition coefficient (Wildman–Crippen LogP) is 4.26. The number of thioether (sulfide) groups is 1. The fourth-order valence-electron chi connectivity index (χ4n) is 7.13. The van der Waals surface area contributed by atoms with Crippen LogP contribution in [-0.2, 0) is 9.59 Å². The van der Waals surface area contributed by atoms with E-state index in [-0.39, 0.29) is 51.5 Å². The number of anilines is 1. The summed E-state index contributed by atoms with van der Waals surface area (Å²) in [6.07, 6.45) is 0.817. The van der Waals surface area contributed by atoms with Gasteiger partial charge in [0.1, 0.15) is 11.6 Å². The first-order chi connectivity index (χ1) is 17.0. The van der Waals surface area contributed by atoms with Crippen LogP contribution < -0.4 is 14.5 Å². The minimum absolute atomic E-state index is 0.0182. The van der Waals surface area contributed by atoms with E-state index in [1.807, 2.05) is 24.3 Å². The lowest BCUT2D eigenvalue weighted by atomic mass is 9.68. The number of carbonyl (C=O) groups excluding carboxylic acids is 2. The van der Waals surface area contributed by atoms with Crippen molar-refractivity contribution in [3.05, 3.63) is 74.5 Å². The van der Waals surface area contributed by atoms with E-state index in [1.165, 1.54) is 40.5 Å². The zero-order chi connectivity index (χ0) is 24.0. The van der Waals surface area contributed by atoms with Crippen molar-refractivity contribution in [1.29, 1.82) is 0 Å². The van der Waals surface area contributed by atoms with E-state index in [0.29, 0.717) is 5.69 Å². The summed E-state index contributed by atoms with van der Waals surface area (Å²) in [6.45, 7) is 0. The smallest absolute Gasteiger partial charge is 0.305 e. The van der Waals surface area contributed by atoms with Gasteiger partial charge in [-0.25, -0.2) is 4.39 Å². The van der Waals surface area contributed by atoms with Crippen LogP contribution in [0, 0.1) is 35.4 Å². The van der Waals surface area contributed by atoms with E-state index >= 15 is 0 Å². The summed E-state index contributed by atoms with van der Waals surface area (Å²) in [5.74, 6) is -0.718. The normalized spacial score (nSPS) is 32.5. The van der Waals surface area contributed by atoms with E-state index < -0.39 is 11.7 Å². The molecule has 3 heterocycles. The molecule has 0 unspecified atom stereocenters. The van der Waals surface area contributed by atoms with E-state index in [2.05, 4.69) is 4.98 Å². The van der Waals surface area contributed by atoms with Gasteiger partial charge in [0.05, 0.1) is 29.7 Å². The highest BCUT2D eigenvalue weighted by atomic mass is 32.2. The van der Waals surface area contributed by atoms with Gasteiger partial charge in [-0.05, 0) is 54.5 Å². The van der Waals surface area contributed by atoms with E-state index in [9.17, 15) is 18.8 Å². The molecule has 178 valence electrons. The number of ether oxygens (including phenoxy) is 1. The van der Waals surface area contributed by atoms with Crippen LogP contribution >= 0.6 is 23.1 Å². The molecule has 1 saturated heterocycles. The number of aromatic nitrogens is 1. The predicted molar refractivity (Wildman–Crippen MR) is 130 cm³/mol. The van der Waals surface area contributed by atoms with Crippen LogP contribution in [0.4, 0.5) is 10.1 Å². The van der Waals surface area contributed by atoms with Crippen molar-refractivity contribution in [2.24, 2.45) is 29.6 Å². The molecular weight excluding hydrogens is 487 g/mol. The Labute approximate surface area is 208 Å². The number of carbonyl (C=O) groups is 2. The number of amides is 2. The van der Waals surface area contributed by atoms with E-state index in [4.69, 9.17) is 4.74 Å². The maximum Gasteiger partial charge on any atom is 0.305 e. The summed E-state index contributed by atoms with van der Waals surface area (Å²) in [5, 5.41) is 0.979. The van der Waals surface area contributed by atoms with Crippen molar-refractivity contribution in [1.82, 2.24) is 4.98 Å². The Bertz CT molecular complexity index is 1430. The lowest BCUT2D eigenvalue weighted by Crippen LogP contribution is -2.42. The molecule has 2 aliphatic heterocycles. The minimum Gasteiger partial charge on any atom is -0.496 e. The molecule has 2 aliphatic carbocycles. The number of hydrogen-bond donors (Lipinski definition) is 1. The number of H-pyrrole nitrogens is 1. The van der Waals surface area contributed by atoms with Gasteiger partial charge in [0.25, 0.3) is 0 Å². The third kappa shape index (κ3) is 2.85. The highest BCUT2D eigenvalue weighted by Gasteiger charge is 2.69. The number of benzene rings is 2. The molecule has 3 aromatic rings. The van der Waals surface area contributed by atoms with Crippen LogP contribution in [0.2, 0.25) is 0 Å². The first-order valence-corrected chi connectivity index (χ1v) is 13.3. The number of para-hydroxylation sites is 1. The van der Waals surface area contributed by atoms with Crippen LogP contribution in [-0.4, -0.2) is 29.2 Å². The van der Waals surface area contributed by atoms with E-state index in [0.717, 1.165) is 27.6 Å². The molecule has 2 saturated carbocycles. The molecule has 1 N–H and O–H groups in total. The Morgan fingerprint density at radius 1 is 1.00 bits per heavy atom. The molecule has 2 bridgehead atoms. The molecule has 2 aromatic carbocycles. The quantitative estimate of drug-likeness (QED) is 0.535. The number of halogens is 1. The molecule has 2 amide bonds. The molecule has 9 heteroatoms. The lowest BCUT2D eigenvalue weighted by Gasteiger charge is -2.43. The number of hydrogen-bond acceptors (Lipinski definition) is 6. The number of nitrogens with zero attached hydrogens (tertiary/aromatic N) is 1. The Balaban J connectivity index is 1.34. The van der Waals surface area contributed by atoms with Gasteiger partial charge in [0.2, 0.25) is 11.8 Å². The second-order valence-electron chi connectivity index (χ2n) is 9.69. The molecule has 0 spiro atoms. The van der Waals surface area contributed by atoms with Crippen molar-refractivity contribution in [2.75, 3.05) is 12.0 Å². The Morgan fingerprint density at radius 2 is 1.71 bits per heavy atom. The van der Waals surface area contributed by atoms with Gasteiger partial charge in [0, 0.05) is 21.6 Å². The van der Waals surface area contributed by atoms with E-state index in [1.54, 1.807) is 18.9 Å². The molecule has 7 atom stereocenters. The monoisotopic (exact) mass is 508 g/mol. The molecule has 35 heavy (non-hydrogen) atoms. The average Bonchev–Trinajstić information content (AvgIpc) is 3.59. The lowest BCUT2D eigenvalue weighted by molar-refractivity contribution is -0.123. The highest BCUT2D eigenvalue weighted by Crippen LogP contribution is 2.69. The first kappa shape index (κ1) is 21.4. The summed E-state index contributed by atoms with van der Waals surface area (Å²) in [4.78, 5) is 44.8. The third-order valence-corrected chi connectivity index (χ3v) is 10.9. The van der Waals surface area contributed by atoms with Gasteiger partial charge in [0.15, 0.2) is 0 Å². The van der Waals surface area contributed by atoms with Gasteiger partial charge in [-0.1, -0.05) is 29.5 Å². The third-order valence-electron chi connectivity index (χ3n) is 8.28. The maximum atomic E-state index is 13.7. The van der Waals surface area contributed by atoms with Crippen LogP contribution in [0.3, 0.4) is 0 Å². The first-order valence-electron chi connectivity index (χ1n) is 11.6. The average molecular weight is 509 g/mol. The molecule has 1 aromatic heterocycles. The summed E-state index contributed by atoms with van der Waals surface area (Å²) < 4.78 is 19.2. The number of fused-ring (bicyclic) bond motifs is 9. The fraction of sp³-hybridized carbons (Fsp3) is 0.346. The van der Waals surface area contributed by atoms with Crippen LogP contribution in [0.5, 0.6) is 5.75 Å². The SMILES string of the molecule is COc1ccccc1[C@H]1c2sc(=O)[nH]c2S[C@H]2[C@@H]3C[C@H]([C@H]4C(=O)N(c5ccc(F)cc5)C(=O)[C@H]34)[C@@H]12. The summed E-state index contributed by atoms with van der Waals surface area (Å²) in [7, 11) is 1.64. The van der Waals surface area contributed by atoms with Gasteiger partial charge < -0.3 is 9.72 Å². The summed E-state index contributed by atoms with van der Waals surface area (Å²) in [5.41, 5.74) is 1.44. The molecule has 0 radical (unpaired) electrons. The maximum absolute atomic E-state index is 13.7. The minimum atomic E-state index is -0.407. The number of rotatable bonds is 3.